The maximum atomic E-state index is 13.2. The summed E-state index contributed by atoms with van der Waals surface area (Å²) in [6.45, 7) is 10.7. The second-order valence-electron chi connectivity index (χ2n) is 8.27. The van der Waals surface area contributed by atoms with E-state index in [9.17, 15) is 9.59 Å². The lowest BCUT2D eigenvalue weighted by Crippen LogP contribution is -2.50. The third kappa shape index (κ3) is 7.59. The van der Waals surface area contributed by atoms with Gasteiger partial charge in [-0.3, -0.25) is 9.59 Å². The summed E-state index contributed by atoms with van der Waals surface area (Å²) in [5.41, 5.74) is 3.01. The Morgan fingerprint density at radius 1 is 1.10 bits per heavy atom. The zero-order valence-corrected chi connectivity index (χ0v) is 19.8. The van der Waals surface area contributed by atoms with Gasteiger partial charge < -0.3 is 15.0 Å². The lowest BCUT2D eigenvalue weighted by Gasteiger charge is -2.31. The van der Waals surface area contributed by atoms with Crippen LogP contribution in [0.25, 0.3) is 0 Å². The average molecular weight is 445 g/mol. The van der Waals surface area contributed by atoms with E-state index >= 15 is 0 Å². The number of nitrogens with zero attached hydrogens (tertiary/aromatic N) is 1. The molecule has 0 aliphatic carbocycles. The Labute approximate surface area is 190 Å². The molecule has 0 bridgehead atoms. The minimum absolute atomic E-state index is 0.133. The van der Waals surface area contributed by atoms with Gasteiger partial charge in [0.1, 0.15) is 11.8 Å². The second kappa shape index (κ2) is 11.8. The third-order valence-corrected chi connectivity index (χ3v) is 5.27. The summed E-state index contributed by atoms with van der Waals surface area (Å²) in [5.74, 6) is 0.615. The molecule has 0 aliphatic heterocycles. The molecule has 2 aromatic rings. The Morgan fingerprint density at radius 2 is 1.77 bits per heavy atom. The van der Waals surface area contributed by atoms with Crippen molar-refractivity contribution in [3.05, 3.63) is 64.2 Å². The summed E-state index contributed by atoms with van der Waals surface area (Å²) in [4.78, 5) is 27.7. The number of hydrogen-bond donors (Lipinski definition) is 1. The Kier molecular flexibility index (Phi) is 9.38. The molecule has 0 spiro atoms. The first kappa shape index (κ1) is 24.7. The number of ether oxygens (including phenoxy) is 1. The summed E-state index contributed by atoms with van der Waals surface area (Å²) in [7, 11) is 0. The van der Waals surface area contributed by atoms with E-state index in [1.807, 2.05) is 65.0 Å². The number of rotatable bonds is 10. The van der Waals surface area contributed by atoms with Gasteiger partial charge in [0, 0.05) is 18.1 Å². The van der Waals surface area contributed by atoms with Gasteiger partial charge in [0.15, 0.2) is 6.61 Å². The summed E-state index contributed by atoms with van der Waals surface area (Å²) in [6, 6.07) is 12.6. The summed E-state index contributed by atoms with van der Waals surface area (Å²) in [6.07, 6.45) is 0.507. The molecule has 0 fully saturated rings. The van der Waals surface area contributed by atoms with Crippen molar-refractivity contribution in [2.24, 2.45) is 5.92 Å². The van der Waals surface area contributed by atoms with Gasteiger partial charge in [-0.1, -0.05) is 62.2 Å². The normalized spacial score (nSPS) is 11.8. The molecule has 1 atom stereocenters. The largest absolute Gasteiger partial charge is 0.483 e. The van der Waals surface area contributed by atoms with Crippen LogP contribution in [0.1, 0.15) is 43.9 Å². The molecule has 2 aromatic carbocycles. The number of carbonyl (C=O) groups excluding carboxylic acids is 2. The highest BCUT2D eigenvalue weighted by molar-refractivity contribution is 6.30. The Hall–Kier alpha value is -2.53. The van der Waals surface area contributed by atoms with E-state index in [2.05, 4.69) is 5.32 Å². The fourth-order valence-corrected chi connectivity index (χ4v) is 3.44. The number of aryl methyl sites for hydroxylation is 2. The standard InChI is InChI=1S/C25H33ClN2O3/c1-6-22(25(30)27-14-17(2)3)28(15-20-8-10-21(26)11-9-20)24(29)16-31-23-12-7-18(4)13-19(23)5/h7-13,17,22H,6,14-16H2,1-5H3,(H,27,30)/t22-/m1/s1. The monoisotopic (exact) mass is 444 g/mol. The van der Waals surface area contributed by atoms with Crippen molar-refractivity contribution in [3.63, 3.8) is 0 Å². The molecule has 5 nitrogen and oxygen atoms in total. The summed E-state index contributed by atoms with van der Waals surface area (Å²) in [5, 5.41) is 3.58. The van der Waals surface area contributed by atoms with Crippen LogP contribution in [0.5, 0.6) is 5.75 Å². The molecule has 1 N–H and O–H groups in total. The number of nitrogens with one attached hydrogen (secondary N) is 1. The first-order chi connectivity index (χ1) is 14.7. The van der Waals surface area contributed by atoms with Gasteiger partial charge in [-0.25, -0.2) is 0 Å². The molecule has 2 amide bonds. The number of hydrogen-bond acceptors (Lipinski definition) is 3. The minimum Gasteiger partial charge on any atom is -0.483 e. The van der Waals surface area contributed by atoms with Crippen molar-refractivity contribution in [1.29, 1.82) is 0 Å². The van der Waals surface area contributed by atoms with Crippen molar-refractivity contribution in [3.8, 4) is 5.75 Å². The van der Waals surface area contributed by atoms with E-state index in [4.69, 9.17) is 16.3 Å². The first-order valence-electron chi connectivity index (χ1n) is 10.7. The lowest BCUT2D eigenvalue weighted by molar-refractivity contribution is -0.143. The van der Waals surface area contributed by atoms with Crippen molar-refractivity contribution in [2.45, 2.75) is 53.6 Å². The van der Waals surface area contributed by atoms with E-state index in [-0.39, 0.29) is 18.4 Å². The molecule has 0 saturated carbocycles. The topological polar surface area (TPSA) is 58.6 Å². The van der Waals surface area contributed by atoms with E-state index in [0.717, 1.165) is 16.7 Å². The fraction of sp³-hybridized carbons (Fsp3) is 0.440. The van der Waals surface area contributed by atoms with Crippen LogP contribution in [0.2, 0.25) is 5.02 Å². The predicted octanol–water partition coefficient (Wildman–Crippen LogP) is 4.92. The van der Waals surface area contributed by atoms with Crippen LogP contribution in [0.15, 0.2) is 42.5 Å². The van der Waals surface area contributed by atoms with E-state index in [1.54, 1.807) is 17.0 Å². The zero-order chi connectivity index (χ0) is 23.0. The van der Waals surface area contributed by atoms with E-state index in [1.165, 1.54) is 0 Å². The molecule has 0 saturated heterocycles. The maximum absolute atomic E-state index is 13.2. The molecule has 6 heteroatoms. The molecule has 0 aromatic heterocycles. The highest BCUT2D eigenvalue weighted by atomic mass is 35.5. The van der Waals surface area contributed by atoms with Crippen LogP contribution in [-0.4, -0.2) is 35.9 Å². The van der Waals surface area contributed by atoms with Crippen molar-refractivity contribution >= 4 is 23.4 Å². The SMILES string of the molecule is CC[C@H](C(=O)NCC(C)C)N(Cc1ccc(Cl)cc1)C(=O)COc1ccc(C)cc1C. The molecule has 0 unspecified atom stereocenters. The maximum Gasteiger partial charge on any atom is 0.261 e. The molecule has 0 heterocycles. The van der Waals surface area contributed by atoms with Gasteiger partial charge in [-0.05, 0) is 55.5 Å². The molecule has 2 rings (SSSR count). The Bertz CT molecular complexity index is 881. The predicted molar refractivity (Wildman–Crippen MR) is 125 cm³/mol. The zero-order valence-electron chi connectivity index (χ0n) is 19.1. The third-order valence-electron chi connectivity index (χ3n) is 5.02. The van der Waals surface area contributed by atoms with E-state index < -0.39 is 6.04 Å². The summed E-state index contributed by atoms with van der Waals surface area (Å²) < 4.78 is 5.82. The van der Waals surface area contributed by atoms with Gasteiger partial charge >= 0.3 is 0 Å². The van der Waals surface area contributed by atoms with Crippen LogP contribution >= 0.6 is 11.6 Å². The van der Waals surface area contributed by atoms with Gasteiger partial charge in [-0.2, -0.15) is 0 Å². The Balaban J connectivity index is 2.20. The van der Waals surface area contributed by atoms with Crippen molar-refractivity contribution in [2.75, 3.05) is 13.2 Å². The number of halogens is 1. The first-order valence-corrected chi connectivity index (χ1v) is 11.1. The highest BCUT2D eigenvalue weighted by Gasteiger charge is 2.29. The number of benzene rings is 2. The van der Waals surface area contributed by atoms with Crippen LogP contribution in [0.3, 0.4) is 0 Å². The molecular formula is C25H33ClN2O3. The molecular weight excluding hydrogens is 412 g/mol. The van der Waals surface area contributed by atoms with Crippen LogP contribution in [0.4, 0.5) is 0 Å². The van der Waals surface area contributed by atoms with Crippen molar-refractivity contribution in [1.82, 2.24) is 10.2 Å². The number of amides is 2. The molecule has 0 aliphatic rings. The van der Waals surface area contributed by atoms with Gasteiger partial charge in [0.05, 0.1) is 0 Å². The summed E-state index contributed by atoms with van der Waals surface area (Å²) >= 11 is 6.00. The minimum atomic E-state index is -0.579. The molecule has 168 valence electrons. The van der Waals surface area contributed by atoms with E-state index in [0.29, 0.717) is 36.2 Å². The smallest absolute Gasteiger partial charge is 0.261 e. The van der Waals surface area contributed by atoms with Gasteiger partial charge in [-0.15, -0.1) is 0 Å². The fourth-order valence-electron chi connectivity index (χ4n) is 3.31. The second-order valence-corrected chi connectivity index (χ2v) is 8.71. The quantitative estimate of drug-likeness (QED) is 0.566. The molecule has 31 heavy (non-hydrogen) atoms. The Morgan fingerprint density at radius 3 is 2.35 bits per heavy atom. The number of carbonyl (C=O) groups is 2. The highest BCUT2D eigenvalue weighted by Crippen LogP contribution is 2.20. The van der Waals surface area contributed by atoms with Crippen molar-refractivity contribution < 1.29 is 14.3 Å². The lowest BCUT2D eigenvalue weighted by atomic mass is 10.1. The van der Waals surface area contributed by atoms with Crippen LogP contribution in [-0.2, 0) is 16.1 Å². The van der Waals surface area contributed by atoms with Crippen LogP contribution in [0, 0.1) is 19.8 Å². The van der Waals surface area contributed by atoms with Gasteiger partial charge in [0.2, 0.25) is 5.91 Å². The van der Waals surface area contributed by atoms with Gasteiger partial charge in [0.25, 0.3) is 5.91 Å². The van der Waals surface area contributed by atoms with Crippen LogP contribution < -0.4 is 10.1 Å². The average Bonchev–Trinajstić information content (AvgIpc) is 2.72. The molecule has 0 radical (unpaired) electrons.